The number of hydrogen-bond donors (Lipinski definition) is 1. The Balaban J connectivity index is 1.57. The van der Waals surface area contributed by atoms with Gasteiger partial charge in [-0.2, -0.15) is 5.10 Å². The summed E-state index contributed by atoms with van der Waals surface area (Å²) in [6.07, 6.45) is 2.77. The summed E-state index contributed by atoms with van der Waals surface area (Å²) in [5.41, 5.74) is 1.80. The van der Waals surface area contributed by atoms with E-state index in [0.29, 0.717) is 12.2 Å². The van der Waals surface area contributed by atoms with Crippen LogP contribution >= 0.6 is 23.6 Å². The van der Waals surface area contributed by atoms with Crippen LogP contribution in [0, 0.1) is 4.77 Å². The Bertz CT molecular complexity index is 928. The Morgan fingerprint density at radius 1 is 1.30 bits per heavy atom. The molecule has 0 unspecified atom stereocenters. The van der Waals surface area contributed by atoms with Crippen molar-refractivity contribution in [2.45, 2.75) is 26.2 Å². The molecule has 6 nitrogen and oxygen atoms in total. The highest BCUT2D eigenvalue weighted by atomic mass is 32.1. The Morgan fingerprint density at radius 2 is 2.07 bits per heavy atom. The first-order chi connectivity index (χ1) is 13.1. The number of thiophene rings is 1. The summed E-state index contributed by atoms with van der Waals surface area (Å²) in [5.74, 6) is -0.0747. The number of aryl methyl sites for hydroxylation is 2. The number of aromatic nitrogens is 3. The second-order valence-electron chi connectivity index (χ2n) is 6.37. The number of carbonyl (C=O) groups is 1. The Labute approximate surface area is 168 Å². The molecule has 0 atom stereocenters. The summed E-state index contributed by atoms with van der Waals surface area (Å²) in [7, 11) is 3.66. The molecule has 1 N–H and O–H groups in total. The van der Waals surface area contributed by atoms with Crippen molar-refractivity contribution in [2.75, 3.05) is 14.1 Å². The van der Waals surface area contributed by atoms with Crippen LogP contribution in [0.4, 0.5) is 0 Å². The molecule has 2 aromatic heterocycles. The number of rotatable bonds is 8. The summed E-state index contributed by atoms with van der Waals surface area (Å²) >= 11 is 7.32. The Kier molecular flexibility index (Phi) is 6.54. The number of nitrogens with one attached hydrogen (secondary N) is 1. The van der Waals surface area contributed by atoms with E-state index in [1.807, 2.05) is 46.9 Å². The van der Waals surface area contributed by atoms with E-state index in [4.69, 9.17) is 12.2 Å². The summed E-state index contributed by atoms with van der Waals surface area (Å²) < 4.78 is 4.58. The van der Waals surface area contributed by atoms with Gasteiger partial charge < -0.3 is 9.88 Å². The molecule has 3 aromatic rings. The number of carbonyl (C=O) groups excluding carboxylic acids is 1. The fraction of sp³-hybridized carbons (Fsp3) is 0.316. The van der Waals surface area contributed by atoms with Crippen LogP contribution in [0.15, 0.2) is 48.1 Å². The SMILES string of the molecule is CNC(=O)c1ccc(CN(C)Cn2ncn(CCc3cccs3)c2=S)cc1. The van der Waals surface area contributed by atoms with Gasteiger partial charge >= 0.3 is 0 Å². The Morgan fingerprint density at radius 3 is 2.74 bits per heavy atom. The minimum atomic E-state index is -0.0747. The van der Waals surface area contributed by atoms with E-state index in [1.54, 1.807) is 18.4 Å². The molecule has 0 aliphatic carbocycles. The van der Waals surface area contributed by atoms with Crippen LogP contribution in [0.1, 0.15) is 20.8 Å². The molecule has 0 radical (unpaired) electrons. The molecule has 142 valence electrons. The first kappa shape index (κ1) is 19.5. The number of amides is 1. The molecule has 0 fully saturated rings. The van der Waals surface area contributed by atoms with Gasteiger partial charge in [0.05, 0.1) is 6.67 Å². The van der Waals surface area contributed by atoms with Crippen LogP contribution in [0.2, 0.25) is 0 Å². The van der Waals surface area contributed by atoms with E-state index in [0.717, 1.165) is 29.8 Å². The number of nitrogens with zero attached hydrogens (tertiary/aromatic N) is 4. The van der Waals surface area contributed by atoms with Crippen molar-refractivity contribution in [3.8, 4) is 0 Å². The van der Waals surface area contributed by atoms with E-state index in [2.05, 4.69) is 32.8 Å². The highest BCUT2D eigenvalue weighted by Gasteiger charge is 2.07. The summed E-state index contributed by atoms with van der Waals surface area (Å²) in [6, 6.07) is 11.8. The van der Waals surface area contributed by atoms with Crippen molar-refractivity contribution < 1.29 is 4.79 Å². The first-order valence-electron chi connectivity index (χ1n) is 8.71. The fourth-order valence-electron chi connectivity index (χ4n) is 2.80. The lowest BCUT2D eigenvalue weighted by Crippen LogP contribution is -2.23. The number of benzene rings is 1. The smallest absolute Gasteiger partial charge is 0.251 e. The molecule has 0 bridgehead atoms. The third-order valence-corrected chi connectivity index (χ3v) is 5.63. The molecule has 0 spiro atoms. The van der Waals surface area contributed by atoms with Gasteiger partial charge in [-0.05, 0) is 54.8 Å². The lowest BCUT2D eigenvalue weighted by molar-refractivity contribution is 0.0963. The van der Waals surface area contributed by atoms with Gasteiger partial charge in [-0.25, -0.2) is 4.68 Å². The zero-order valence-electron chi connectivity index (χ0n) is 15.5. The zero-order chi connectivity index (χ0) is 19.2. The predicted octanol–water partition coefficient (Wildman–Crippen LogP) is 3.17. The van der Waals surface area contributed by atoms with Crippen LogP contribution in [0.3, 0.4) is 0 Å². The molecular weight excluding hydrogens is 378 g/mol. The monoisotopic (exact) mass is 401 g/mol. The molecule has 0 aliphatic rings. The van der Waals surface area contributed by atoms with E-state index in [9.17, 15) is 4.79 Å². The maximum atomic E-state index is 11.6. The molecule has 2 heterocycles. The molecular formula is C19H23N5OS2. The standard InChI is InChI=1S/C19H23N5OS2/c1-20-18(25)16-7-5-15(6-8-16)12-22(2)14-24-19(26)23(13-21-24)10-9-17-4-3-11-27-17/h3-8,11,13H,9-10,12,14H2,1-2H3,(H,20,25). The van der Waals surface area contributed by atoms with Crippen LogP contribution in [-0.2, 0) is 26.2 Å². The van der Waals surface area contributed by atoms with E-state index in [1.165, 1.54) is 4.88 Å². The van der Waals surface area contributed by atoms with Gasteiger partial charge in [0.2, 0.25) is 0 Å². The predicted molar refractivity (Wildman–Crippen MR) is 110 cm³/mol. The minimum absolute atomic E-state index is 0.0747. The van der Waals surface area contributed by atoms with E-state index in [-0.39, 0.29) is 5.91 Å². The average molecular weight is 402 g/mol. The topological polar surface area (TPSA) is 55.1 Å². The normalized spacial score (nSPS) is 11.1. The van der Waals surface area contributed by atoms with Crippen LogP contribution < -0.4 is 5.32 Å². The third kappa shape index (κ3) is 5.12. The van der Waals surface area contributed by atoms with Gasteiger partial charge in [-0.3, -0.25) is 9.69 Å². The molecule has 8 heteroatoms. The highest BCUT2D eigenvalue weighted by molar-refractivity contribution is 7.71. The first-order valence-corrected chi connectivity index (χ1v) is 10.00. The van der Waals surface area contributed by atoms with Gasteiger partial charge in [0.1, 0.15) is 6.33 Å². The fourth-order valence-corrected chi connectivity index (χ4v) is 3.75. The van der Waals surface area contributed by atoms with Crippen molar-refractivity contribution in [1.82, 2.24) is 24.6 Å². The van der Waals surface area contributed by atoms with Crippen molar-refractivity contribution in [3.63, 3.8) is 0 Å². The van der Waals surface area contributed by atoms with Gasteiger partial charge in [0.25, 0.3) is 5.91 Å². The van der Waals surface area contributed by atoms with Crippen LogP contribution in [0.5, 0.6) is 0 Å². The van der Waals surface area contributed by atoms with Crippen molar-refractivity contribution >= 4 is 29.5 Å². The van der Waals surface area contributed by atoms with Crippen molar-refractivity contribution in [3.05, 3.63) is 68.9 Å². The molecule has 3 rings (SSSR count). The van der Waals surface area contributed by atoms with Gasteiger partial charge in [0.15, 0.2) is 4.77 Å². The zero-order valence-corrected chi connectivity index (χ0v) is 17.1. The summed E-state index contributed by atoms with van der Waals surface area (Å²) in [6.45, 7) is 2.20. The third-order valence-electron chi connectivity index (χ3n) is 4.25. The minimum Gasteiger partial charge on any atom is -0.355 e. The van der Waals surface area contributed by atoms with Gasteiger partial charge in [-0.15, -0.1) is 11.3 Å². The molecule has 0 aliphatic heterocycles. The second-order valence-corrected chi connectivity index (χ2v) is 7.76. The van der Waals surface area contributed by atoms with Crippen LogP contribution in [0.25, 0.3) is 0 Å². The molecule has 0 saturated heterocycles. The maximum absolute atomic E-state index is 11.6. The lowest BCUT2D eigenvalue weighted by atomic mass is 10.1. The Hall–Kier alpha value is -2.29. The second kappa shape index (κ2) is 9.07. The van der Waals surface area contributed by atoms with Crippen LogP contribution in [-0.4, -0.2) is 39.3 Å². The largest absolute Gasteiger partial charge is 0.355 e. The van der Waals surface area contributed by atoms with E-state index < -0.39 is 0 Å². The average Bonchev–Trinajstić information content (AvgIpc) is 3.31. The van der Waals surface area contributed by atoms with Crippen molar-refractivity contribution in [2.24, 2.45) is 0 Å². The number of hydrogen-bond acceptors (Lipinski definition) is 5. The molecule has 27 heavy (non-hydrogen) atoms. The van der Waals surface area contributed by atoms with E-state index >= 15 is 0 Å². The highest BCUT2D eigenvalue weighted by Crippen LogP contribution is 2.11. The maximum Gasteiger partial charge on any atom is 0.251 e. The molecule has 0 saturated carbocycles. The van der Waals surface area contributed by atoms with Gasteiger partial charge in [-0.1, -0.05) is 18.2 Å². The van der Waals surface area contributed by atoms with Crippen molar-refractivity contribution in [1.29, 1.82) is 0 Å². The summed E-state index contributed by atoms with van der Waals surface area (Å²) in [5, 5.41) is 9.15. The van der Waals surface area contributed by atoms with Gasteiger partial charge in [0, 0.05) is 30.6 Å². The quantitative estimate of drug-likeness (QED) is 0.589. The lowest BCUT2D eigenvalue weighted by Gasteiger charge is -2.16. The molecule has 1 aromatic carbocycles. The summed E-state index contributed by atoms with van der Waals surface area (Å²) in [4.78, 5) is 15.1. The molecule has 1 amide bonds.